The molecule has 1 aliphatic heterocycles. The van der Waals surface area contributed by atoms with Gasteiger partial charge in [-0.25, -0.2) is 0 Å². The van der Waals surface area contributed by atoms with Crippen LogP contribution in [0, 0.1) is 12.8 Å². The molecule has 1 fully saturated rings. The fourth-order valence-corrected chi connectivity index (χ4v) is 1.77. The van der Waals surface area contributed by atoms with E-state index in [0.29, 0.717) is 31.3 Å². The molecule has 0 bridgehead atoms. The molecule has 2 rings (SSSR count). The van der Waals surface area contributed by atoms with Gasteiger partial charge in [0.15, 0.2) is 0 Å². The molecular weight excluding hydrogens is 198 g/mol. The highest BCUT2D eigenvalue weighted by molar-refractivity contribution is 5.70. The van der Waals surface area contributed by atoms with E-state index in [2.05, 4.69) is 10.2 Å². The van der Waals surface area contributed by atoms with Crippen LogP contribution in [0.25, 0.3) is 0 Å². The quantitative estimate of drug-likeness (QED) is 0.773. The van der Waals surface area contributed by atoms with Gasteiger partial charge < -0.3 is 9.52 Å². The van der Waals surface area contributed by atoms with E-state index in [4.69, 9.17) is 9.52 Å². The number of rotatable bonds is 3. The highest BCUT2D eigenvalue weighted by Crippen LogP contribution is 2.18. The van der Waals surface area contributed by atoms with Crippen molar-refractivity contribution in [2.45, 2.75) is 19.9 Å². The van der Waals surface area contributed by atoms with Gasteiger partial charge in [-0.1, -0.05) is 0 Å². The number of aryl methyl sites for hydroxylation is 1. The third-order valence-corrected chi connectivity index (χ3v) is 2.55. The Balaban J connectivity index is 1.90. The number of likely N-dealkylation sites (tertiary alicyclic amines) is 1. The molecule has 0 spiro atoms. The zero-order chi connectivity index (χ0) is 10.8. The van der Waals surface area contributed by atoms with Gasteiger partial charge in [0, 0.05) is 13.5 Å². The Kier molecular flexibility index (Phi) is 2.68. The van der Waals surface area contributed by atoms with Crippen molar-refractivity contribution in [1.29, 1.82) is 0 Å². The van der Waals surface area contributed by atoms with Crippen molar-refractivity contribution < 1.29 is 14.3 Å². The van der Waals surface area contributed by atoms with Crippen molar-refractivity contribution in [2.24, 2.45) is 5.92 Å². The van der Waals surface area contributed by atoms with Gasteiger partial charge in [-0.15, -0.1) is 10.2 Å². The lowest BCUT2D eigenvalue weighted by Gasteiger charge is -2.11. The van der Waals surface area contributed by atoms with Gasteiger partial charge in [0.05, 0.1) is 12.5 Å². The lowest BCUT2D eigenvalue weighted by atomic mass is 10.1. The van der Waals surface area contributed by atoms with E-state index in [1.807, 2.05) is 4.90 Å². The molecule has 0 amide bonds. The third kappa shape index (κ3) is 2.33. The Labute approximate surface area is 86.9 Å². The first kappa shape index (κ1) is 10.1. The van der Waals surface area contributed by atoms with Crippen LogP contribution >= 0.6 is 0 Å². The SMILES string of the molecule is Cc1nnc(CN2CCC(C(=O)O)C2)o1. The van der Waals surface area contributed by atoms with E-state index in [-0.39, 0.29) is 5.92 Å². The van der Waals surface area contributed by atoms with Gasteiger partial charge in [0.2, 0.25) is 11.8 Å². The molecule has 1 saturated heterocycles. The number of aliphatic carboxylic acids is 1. The average Bonchev–Trinajstić information content (AvgIpc) is 2.76. The van der Waals surface area contributed by atoms with Crippen molar-refractivity contribution in [3.8, 4) is 0 Å². The largest absolute Gasteiger partial charge is 0.481 e. The maximum Gasteiger partial charge on any atom is 0.307 e. The summed E-state index contributed by atoms with van der Waals surface area (Å²) in [4.78, 5) is 12.7. The molecule has 1 atom stereocenters. The van der Waals surface area contributed by atoms with Gasteiger partial charge in [-0.3, -0.25) is 9.69 Å². The van der Waals surface area contributed by atoms with E-state index in [1.54, 1.807) is 6.92 Å². The van der Waals surface area contributed by atoms with Gasteiger partial charge in [0.25, 0.3) is 0 Å². The number of carbonyl (C=O) groups is 1. The van der Waals surface area contributed by atoms with Gasteiger partial charge in [-0.05, 0) is 13.0 Å². The standard InChI is InChI=1S/C9H13N3O3/c1-6-10-11-8(15-6)5-12-3-2-7(4-12)9(13)14/h7H,2-5H2,1H3,(H,13,14). The summed E-state index contributed by atoms with van der Waals surface area (Å²) in [5.41, 5.74) is 0. The zero-order valence-corrected chi connectivity index (χ0v) is 8.51. The molecule has 1 aromatic rings. The summed E-state index contributed by atoms with van der Waals surface area (Å²) < 4.78 is 5.23. The summed E-state index contributed by atoms with van der Waals surface area (Å²) in [6.07, 6.45) is 0.697. The summed E-state index contributed by atoms with van der Waals surface area (Å²) >= 11 is 0. The van der Waals surface area contributed by atoms with Crippen LogP contribution in [0.5, 0.6) is 0 Å². The number of carboxylic acid groups (broad SMARTS) is 1. The van der Waals surface area contributed by atoms with Crippen LogP contribution in [0.3, 0.4) is 0 Å². The second-order valence-electron chi connectivity index (χ2n) is 3.77. The normalized spacial score (nSPS) is 22.1. The van der Waals surface area contributed by atoms with E-state index < -0.39 is 5.97 Å². The maximum atomic E-state index is 10.7. The minimum atomic E-state index is -0.723. The molecule has 0 aliphatic carbocycles. The molecule has 1 N–H and O–H groups in total. The molecular formula is C9H13N3O3. The minimum Gasteiger partial charge on any atom is -0.481 e. The Morgan fingerprint density at radius 3 is 3.00 bits per heavy atom. The Morgan fingerprint density at radius 1 is 1.67 bits per heavy atom. The molecule has 1 unspecified atom stereocenters. The highest BCUT2D eigenvalue weighted by atomic mass is 16.4. The first-order chi connectivity index (χ1) is 7.15. The maximum absolute atomic E-state index is 10.7. The molecule has 0 radical (unpaired) electrons. The molecule has 6 nitrogen and oxygen atoms in total. The highest BCUT2D eigenvalue weighted by Gasteiger charge is 2.28. The number of carboxylic acids is 1. The second kappa shape index (κ2) is 3.98. The van der Waals surface area contributed by atoms with Crippen molar-refractivity contribution in [2.75, 3.05) is 13.1 Å². The van der Waals surface area contributed by atoms with Gasteiger partial charge >= 0.3 is 5.97 Å². The molecule has 0 saturated carbocycles. The van der Waals surface area contributed by atoms with E-state index in [1.165, 1.54) is 0 Å². The monoisotopic (exact) mass is 211 g/mol. The van der Waals surface area contributed by atoms with E-state index in [9.17, 15) is 4.79 Å². The molecule has 0 aromatic carbocycles. The van der Waals surface area contributed by atoms with Crippen LogP contribution in [0.4, 0.5) is 0 Å². The van der Waals surface area contributed by atoms with Crippen LogP contribution < -0.4 is 0 Å². The predicted molar refractivity (Wildman–Crippen MR) is 50.1 cm³/mol. The predicted octanol–water partition coefficient (Wildman–Crippen LogP) is 0.285. The summed E-state index contributed by atoms with van der Waals surface area (Å²) in [6, 6.07) is 0. The molecule has 82 valence electrons. The van der Waals surface area contributed by atoms with Crippen molar-refractivity contribution >= 4 is 5.97 Å². The Morgan fingerprint density at radius 2 is 2.47 bits per heavy atom. The third-order valence-electron chi connectivity index (χ3n) is 2.55. The van der Waals surface area contributed by atoms with Crippen LogP contribution in [0.15, 0.2) is 4.42 Å². The molecule has 1 aromatic heterocycles. The number of aromatic nitrogens is 2. The zero-order valence-electron chi connectivity index (χ0n) is 8.51. The summed E-state index contributed by atoms with van der Waals surface area (Å²) in [5.74, 6) is 0.116. The fraction of sp³-hybridized carbons (Fsp3) is 0.667. The minimum absolute atomic E-state index is 0.256. The topological polar surface area (TPSA) is 79.5 Å². The van der Waals surface area contributed by atoms with Crippen LogP contribution in [0.2, 0.25) is 0 Å². The number of hydrogen-bond donors (Lipinski definition) is 1. The number of hydrogen-bond acceptors (Lipinski definition) is 5. The molecule has 1 aliphatic rings. The van der Waals surface area contributed by atoms with Crippen LogP contribution in [0.1, 0.15) is 18.2 Å². The Bertz CT molecular complexity index is 363. The smallest absolute Gasteiger partial charge is 0.307 e. The molecule has 2 heterocycles. The fourth-order valence-electron chi connectivity index (χ4n) is 1.77. The first-order valence-corrected chi connectivity index (χ1v) is 4.89. The van der Waals surface area contributed by atoms with Crippen molar-refractivity contribution in [3.05, 3.63) is 11.8 Å². The van der Waals surface area contributed by atoms with Crippen LogP contribution in [-0.4, -0.2) is 39.3 Å². The summed E-state index contributed by atoms with van der Waals surface area (Å²) in [5, 5.41) is 16.4. The van der Waals surface area contributed by atoms with Crippen LogP contribution in [-0.2, 0) is 11.3 Å². The first-order valence-electron chi connectivity index (χ1n) is 4.89. The lowest BCUT2D eigenvalue weighted by Crippen LogP contribution is -2.22. The lowest BCUT2D eigenvalue weighted by molar-refractivity contribution is -0.141. The average molecular weight is 211 g/mol. The Hall–Kier alpha value is -1.43. The second-order valence-corrected chi connectivity index (χ2v) is 3.77. The van der Waals surface area contributed by atoms with Gasteiger partial charge in [0.1, 0.15) is 0 Å². The van der Waals surface area contributed by atoms with E-state index >= 15 is 0 Å². The van der Waals surface area contributed by atoms with Crippen molar-refractivity contribution in [3.63, 3.8) is 0 Å². The van der Waals surface area contributed by atoms with Gasteiger partial charge in [-0.2, -0.15) is 0 Å². The summed E-state index contributed by atoms with van der Waals surface area (Å²) in [6.45, 7) is 3.63. The van der Waals surface area contributed by atoms with Crippen molar-refractivity contribution in [1.82, 2.24) is 15.1 Å². The number of nitrogens with zero attached hydrogens (tertiary/aromatic N) is 3. The molecule has 6 heteroatoms. The summed E-state index contributed by atoms with van der Waals surface area (Å²) in [7, 11) is 0. The molecule has 15 heavy (non-hydrogen) atoms. The van der Waals surface area contributed by atoms with E-state index in [0.717, 1.165) is 6.54 Å².